The molecule has 2 rings (SSSR count). The van der Waals surface area contributed by atoms with Gasteiger partial charge in [0, 0.05) is 6.42 Å². The Morgan fingerprint density at radius 1 is 1.29 bits per heavy atom. The van der Waals surface area contributed by atoms with E-state index in [-0.39, 0.29) is 18.7 Å². The van der Waals surface area contributed by atoms with Crippen molar-refractivity contribution >= 4 is 5.97 Å². The Morgan fingerprint density at radius 2 is 2.00 bits per heavy atom. The summed E-state index contributed by atoms with van der Waals surface area (Å²) in [5.41, 5.74) is -1.93. The van der Waals surface area contributed by atoms with E-state index in [0.29, 0.717) is 6.07 Å². The number of aryl methyl sites for hydroxylation is 1. The predicted octanol–water partition coefficient (Wildman–Crippen LogP) is 2.91. The number of halogens is 4. The summed E-state index contributed by atoms with van der Waals surface area (Å²) in [7, 11) is 0. The molecule has 0 aliphatic heterocycles. The van der Waals surface area contributed by atoms with E-state index in [4.69, 9.17) is 9.52 Å². The Morgan fingerprint density at radius 3 is 2.62 bits per heavy atom. The lowest BCUT2D eigenvalue weighted by Crippen LogP contribution is -2.08. The number of aromatic nitrogens is 2. The monoisotopic (exact) mass is 304 g/mol. The van der Waals surface area contributed by atoms with Gasteiger partial charge in [0.25, 0.3) is 5.89 Å². The van der Waals surface area contributed by atoms with Gasteiger partial charge >= 0.3 is 12.1 Å². The minimum atomic E-state index is -4.84. The van der Waals surface area contributed by atoms with E-state index in [1.54, 1.807) is 0 Å². The molecule has 2 aromatic rings. The minimum absolute atomic E-state index is 0.0933. The molecular formula is C12H8F4N2O3. The van der Waals surface area contributed by atoms with Crippen LogP contribution in [0.15, 0.2) is 22.6 Å². The first kappa shape index (κ1) is 14.9. The molecule has 0 aliphatic rings. The van der Waals surface area contributed by atoms with Gasteiger partial charge in [-0.25, -0.2) is 4.39 Å². The molecule has 0 atom stereocenters. The van der Waals surface area contributed by atoms with E-state index < -0.39 is 35.0 Å². The second-order valence-electron chi connectivity index (χ2n) is 4.06. The first-order valence-electron chi connectivity index (χ1n) is 5.69. The van der Waals surface area contributed by atoms with Crippen molar-refractivity contribution < 1.29 is 31.9 Å². The molecule has 0 spiro atoms. The number of nitrogens with zero attached hydrogens (tertiary/aromatic N) is 2. The standard InChI is InChI=1S/C12H8F4N2O3/c13-10-6(2-1-3-7(10)12(14,15)16)11-18-17-8(21-11)4-5-9(19)20/h1-3H,4-5H2,(H,19,20). The number of hydrogen-bond acceptors (Lipinski definition) is 4. The van der Waals surface area contributed by atoms with Gasteiger partial charge in [-0.15, -0.1) is 10.2 Å². The Labute approximate surface area is 115 Å². The number of alkyl halides is 3. The summed E-state index contributed by atoms with van der Waals surface area (Å²) in [6.07, 6.45) is -5.22. The molecule has 0 bridgehead atoms. The smallest absolute Gasteiger partial charge is 0.419 e. The zero-order valence-corrected chi connectivity index (χ0v) is 10.3. The van der Waals surface area contributed by atoms with Crippen LogP contribution in [0.25, 0.3) is 11.5 Å². The van der Waals surface area contributed by atoms with Crippen LogP contribution in [-0.2, 0) is 17.4 Å². The number of aliphatic carboxylic acids is 1. The molecule has 0 saturated heterocycles. The molecule has 0 aliphatic carbocycles. The SMILES string of the molecule is O=C(O)CCc1nnc(-c2cccc(C(F)(F)F)c2F)o1. The number of carboxylic acid groups (broad SMARTS) is 1. The number of benzene rings is 1. The molecule has 21 heavy (non-hydrogen) atoms. The lowest BCUT2D eigenvalue weighted by molar-refractivity contribution is -0.140. The third kappa shape index (κ3) is 3.36. The fourth-order valence-electron chi connectivity index (χ4n) is 1.59. The van der Waals surface area contributed by atoms with E-state index >= 15 is 0 Å². The third-order valence-corrected chi connectivity index (χ3v) is 2.55. The summed E-state index contributed by atoms with van der Waals surface area (Å²) in [5.74, 6) is -3.14. The van der Waals surface area contributed by atoms with Crippen LogP contribution in [0.3, 0.4) is 0 Å². The van der Waals surface area contributed by atoms with Gasteiger partial charge in [-0.1, -0.05) is 6.07 Å². The van der Waals surface area contributed by atoms with Gasteiger partial charge in [0.05, 0.1) is 17.5 Å². The van der Waals surface area contributed by atoms with Crippen LogP contribution >= 0.6 is 0 Å². The maximum absolute atomic E-state index is 13.8. The van der Waals surface area contributed by atoms with Gasteiger partial charge in [-0.2, -0.15) is 13.2 Å². The van der Waals surface area contributed by atoms with Crippen LogP contribution < -0.4 is 0 Å². The van der Waals surface area contributed by atoms with Crippen LogP contribution in [0.1, 0.15) is 17.9 Å². The Kier molecular flexibility index (Phi) is 3.92. The highest BCUT2D eigenvalue weighted by Gasteiger charge is 2.35. The van der Waals surface area contributed by atoms with Gasteiger partial charge in [0.15, 0.2) is 0 Å². The largest absolute Gasteiger partial charge is 0.481 e. The van der Waals surface area contributed by atoms with Crippen molar-refractivity contribution in [3.8, 4) is 11.5 Å². The summed E-state index contributed by atoms with van der Waals surface area (Å²) < 4.78 is 56.6. The highest BCUT2D eigenvalue weighted by molar-refractivity contribution is 5.66. The number of rotatable bonds is 4. The van der Waals surface area contributed by atoms with Gasteiger partial charge in [0.2, 0.25) is 5.89 Å². The number of hydrogen-bond donors (Lipinski definition) is 1. The summed E-state index contributed by atoms with van der Waals surface area (Å²) in [4.78, 5) is 10.4. The fourth-order valence-corrected chi connectivity index (χ4v) is 1.59. The topological polar surface area (TPSA) is 76.2 Å². The molecule has 5 nitrogen and oxygen atoms in total. The van der Waals surface area contributed by atoms with Crippen LogP contribution in [-0.4, -0.2) is 21.3 Å². The number of carboxylic acids is 1. The maximum Gasteiger partial charge on any atom is 0.419 e. The van der Waals surface area contributed by atoms with E-state index in [0.717, 1.165) is 12.1 Å². The molecule has 0 fully saturated rings. The molecule has 9 heteroatoms. The molecule has 1 aromatic carbocycles. The molecule has 112 valence electrons. The van der Waals surface area contributed by atoms with Crippen molar-refractivity contribution in [2.75, 3.05) is 0 Å². The molecule has 0 amide bonds. The summed E-state index contributed by atoms with van der Waals surface area (Å²) in [6, 6.07) is 2.68. The van der Waals surface area contributed by atoms with Gasteiger partial charge < -0.3 is 9.52 Å². The zero-order valence-electron chi connectivity index (χ0n) is 10.3. The Hall–Kier alpha value is -2.45. The molecule has 1 aromatic heterocycles. The second-order valence-corrected chi connectivity index (χ2v) is 4.06. The molecule has 0 radical (unpaired) electrons. The quantitative estimate of drug-likeness (QED) is 0.879. The van der Waals surface area contributed by atoms with E-state index in [1.165, 1.54) is 0 Å². The molecular weight excluding hydrogens is 296 g/mol. The Balaban J connectivity index is 2.33. The summed E-state index contributed by atoms with van der Waals surface area (Å²) in [5, 5.41) is 15.4. The normalized spacial score (nSPS) is 11.6. The molecule has 1 heterocycles. The minimum Gasteiger partial charge on any atom is -0.481 e. The molecule has 0 unspecified atom stereocenters. The third-order valence-electron chi connectivity index (χ3n) is 2.55. The van der Waals surface area contributed by atoms with Crippen molar-refractivity contribution in [3.63, 3.8) is 0 Å². The van der Waals surface area contributed by atoms with Crippen LogP contribution in [0, 0.1) is 5.82 Å². The van der Waals surface area contributed by atoms with Gasteiger partial charge in [-0.3, -0.25) is 4.79 Å². The Bertz CT molecular complexity index is 667. The summed E-state index contributed by atoms with van der Waals surface area (Å²) in [6.45, 7) is 0. The van der Waals surface area contributed by atoms with E-state index in [1.807, 2.05) is 0 Å². The van der Waals surface area contributed by atoms with E-state index in [2.05, 4.69) is 10.2 Å². The van der Waals surface area contributed by atoms with Crippen LogP contribution in [0.4, 0.5) is 17.6 Å². The van der Waals surface area contributed by atoms with Crippen molar-refractivity contribution in [1.82, 2.24) is 10.2 Å². The van der Waals surface area contributed by atoms with Crippen LogP contribution in [0.2, 0.25) is 0 Å². The lowest BCUT2D eigenvalue weighted by Gasteiger charge is -2.09. The van der Waals surface area contributed by atoms with Crippen molar-refractivity contribution in [1.29, 1.82) is 0 Å². The van der Waals surface area contributed by atoms with Gasteiger partial charge in [0.1, 0.15) is 5.82 Å². The first-order chi connectivity index (χ1) is 9.79. The van der Waals surface area contributed by atoms with Gasteiger partial charge in [-0.05, 0) is 12.1 Å². The second kappa shape index (κ2) is 5.51. The van der Waals surface area contributed by atoms with Crippen LogP contribution in [0.5, 0.6) is 0 Å². The average molecular weight is 304 g/mol. The van der Waals surface area contributed by atoms with Crippen molar-refractivity contribution in [2.45, 2.75) is 19.0 Å². The average Bonchev–Trinajstić information content (AvgIpc) is 2.83. The maximum atomic E-state index is 13.8. The lowest BCUT2D eigenvalue weighted by atomic mass is 10.1. The highest BCUT2D eigenvalue weighted by atomic mass is 19.4. The predicted molar refractivity (Wildman–Crippen MR) is 60.7 cm³/mol. The van der Waals surface area contributed by atoms with E-state index in [9.17, 15) is 22.4 Å². The molecule has 0 saturated carbocycles. The highest BCUT2D eigenvalue weighted by Crippen LogP contribution is 2.35. The van der Waals surface area contributed by atoms with Crippen molar-refractivity contribution in [3.05, 3.63) is 35.5 Å². The number of carbonyl (C=O) groups is 1. The zero-order chi connectivity index (χ0) is 15.6. The molecule has 1 N–H and O–H groups in total. The van der Waals surface area contributed by atoms with Crippen molar-refractivity contribution in [2.24, 2.45) is 0 Å². The first-order valence-corrected chi connectivity index (χ1v) is 5.69. The fraction of sp³-hybridized carbons (Fsp3) is 0.250. The summed E-state index contributed by atoms with van der Waals surface area (Å²) >= 11 is 0.